The fourth-order valence-electron chi connectivity index (χ4n) is 5.80. The summed E-state index contributed by atoms with van der Waals surface area (Å²) in [5, 5.41) is 2.79. The van der Waals surface area contributed by atoms with Crippen LogP contribution in [0.3, 0.4) is 0 Å². The van der Waals surface area contributed by atoms with Crippen LogP contribution in [0.4, 0.5) is 0 Å². The molecule has 0 radical (unpaired) electrons. The number of ether oxygens (including phenoxy) is 1. The van der Waals surface area contributed by atoms with Crippen molar-refractivity contribution in [1.82, 2.24) is 20.0 Å². The van der Waals surface area contributed by atoms with Gasteiger partial charge < -0.3 is 24.8 Å². The van der Waals surface area contributed by atoms with E-state index in [1.54, 1.807) is 23.6 Å². The minimum Gasteiger partial charge on any atom is -0.461 e. The molecule has 1 N–H and O–H groups in total. The smallest absolute Gasteiger partial charge is 0.329 e. The van der Waals surface area contributed by atoms with Gasteiger partial charge in [0.05, 0.1) is 6.42 Å². The van der Waals surface area contributed by atoms with Gasteiger partial charge in [0, 0.05) is 19.6 Å². The second kappa shape index (κ2) is 9.92. The van der Waals surface area contributed by atoms with E-state index in [0.717, 1.165) is 12.8 Å². The lowest BCUT2D eigenvalue weighted by Gasteiger charge is -2.38. The predicted octanol–water partition coefficient (Wildman–Crippen LogP) is 0.436. The minimum absolute atomic E-state index is 0.0218. The van der Waals surface area contributed by atoms with Crippen molar-refractivity contribution in [2.24, 2.45) is 5.92 Å². The third-order valence-corrected chi connectivity index (χ3v) is 7.52. The number of carbonyl (C=O) groups is 5. The minimum atomic E-state index is -0.832. The molecule has 0 aromatic rings. The van der Waals surface area contributed by atoms with Gasteiger partial charge in [-0.05, 0) is 58.3 Å². The highest BCUT2D eigenvalue weighted by atomic mass is 16.5. The van der Waals surface area contributed by atoms with E-state index in [4.69, 9.17) is 4.74 Å². The Morgan fingerprint density at radius 1 is 0.794 bits per heavy atom. The monoisotopic (exact) mass is 476 g/mol. The molecular formula is C24H36N4O6. The second-order valence-electron chi connectivity index (χ2n) is 10.3. The van der Waals surface area contributed by atoms with Crippen molar-refractivity contribution in [2.75, 3.05) is 19.6 Å². The van der Waals surface area contributed by atoms with E-state index in [1.165, 1.54) is 4.90 Å². The highest BCUT2D eigenvalue weighted by molar-refractivity contribution is 5.95. The molecular weight excluding hydrogens is 440 g/mol. The van der Waals surface area contributed by atoms with Crippen LogP contribution in [0, 0.1) is 5.92 Å². The van der Waals surface area contributed by atoms with Gasteiger partial charge in [0.1, 0.15) is 30.3 Å². The van der Waals surface area contributed by atoms with E-state index in [0.29, 0.717) is 45.3 Å². The van der Waals surface area contributed by atoms with Gasteiger partial charge in [-0.25, -0.2) is 4.79 Å². The zero-order chi connectivity index (χ0) is 24.6. The molecule has 34 heavy (non-hydrogen) atoms. The molecule has 4 saturated heterocycles. The van der Waals surface area contributed by atoms with Crippen LogP contribution in [-0.4, -0.2) is 94.2 Å². The highest BCUT2D eigenvalue weighted by Crippen LogP contribution is 2.28. The fourth-order valence-corrected chi connectivity index (χ4v) is 5.80. The van der Waals surface area contributed by atoms with Gasteiger partial charge in [0.15, 0.2) is 0 Å². The Kier molecular flexibility index (Phi) is 7.14. The van der Waals surface area contributed by atoms with Gasteiger partial charge >= 0.3 is 5.97 Å². The van der Waals surface area contributed by atoms with Gasteiger partial charge in [-0.2, -0.15) is 0 Å². The van der Waals surface area contributed by atoms with Gasteiger partial charge in [0.2, 0.25) is 23.6 Å². The zero-order valence-electron chi connectivity index (χ0n) is 20.3. The molecule has 0 bridgehead atoms. The number of cyclic esters (lactones) is 1. The molecule has 4 heterocycles. The Labute approximate surface area is 200 Å². The molecule has 4 aliphatic heterocycles. The molecule has 4 amide bonds. The third kappa shape index (κ3) is 4.77. The number of rotatable bonds is 0. The van der Waals surface area contributed by atoms with E-state index in [-0.39, 0.29) is 36.0 Å². The van der Waals surface area contributed by atoms with E-state index in [2.05, 4.69) is 5.32 Å². The van der Waals surface area contributed by atoms with E-state index < -0.39 is 36.2 Å². The van der Waals surface area contributed by atoms with Crippen LogP contribution in [0.2, 0.25) is 0 Å². The SMILES string of the molecule is CC1C[C@H]2C(=O)OC(C)CC(=O)N3CCCC3C(=O)N3CCCCC3C(=O)NC(C)C(=O)N2C1. The summed E-state index contributed by atoms with van der Waals surface area (Å²) in [6, 6.07) is -2.84. The molecule has 5 unspecified atom stereocenters. The van der Waals surface area contributed by atoms with Gasteiger partial charge in [-0.3, -0.25) is 19.2 Å². The number of fused-ring (bicyclic) bond motifs is 3. The van der Waals surface area contributed by atoms with Crippen molar-refractivity contribution in [3.63, 3.8) is 0 Å². The summed E-state index contributed by atoms with van der Waals surface area (Å²) in [7, 11) is 0. The van der Waals surface area contributed by atoms with Crippen molar-refractivity contribution in [2.45, 2.75) is 96.0 Å². The maximum Gasteiger partial charge on any atom is 0.329 e. The van der Waals surface area contributed by atoms with Crippen LogP contribution in [0.25, 0.3) is 0 Å². The molecule has 188 valence electrons. The average Bonchev–Trinajstić information content (AvgIpc) is 3.44. The molecule has 6 atom stereocenters. The van der Waals surface area contributed by atoms with Crippen LogP contribution in [0.15, 0.2) is 0 Å². The Morgan fingerprint density at radius 3 is 2.26 bits per heavy atom. The predicted molar refractivity (Wildman–Crippen MR) is 121 cm³/mol. The molecule has 4 rings (SSSR count). The second-order valence-corrected chi connectivity index (χ2v) is 10.3. The Morgan fingerprint density at radius 2 is 1.50 bits per heavy atom. The Balaban J connectivity index is 1.64. The van der Waals surface area contributed by atoms with Crippen LogP contribution < -0.4 is 5.32 Å². The van der Waals surface area contributed by atoms with Crippen LogP contribution >= 0.6 is 0 Å². The quantitative estimate of drug-likeness (QED) is 0.507. The number of nitrogens with one attached hydrogen (secondary N) is 1. The number of piperidine rings is 1. The van der Waals surface area contributed by atoms with Crippen molar-refractivity contribution in [3.8, 4) is 0 Å². The van der Waals surface area contributed by atoms with Crippen LogP contribution in [0.5, 0.6) is 0 Å². The number of hydrogen-bond donors (Lipinski definition) is 1. The Hall–Kier alpha value is -2.65. The summed E-state index contributed by atoms with van der Waals surface area (Å²) < 4.78 is 5.59. The zero-order valence-corrected chi connectivity index (χ0v) is 20.3. The third-order valence-electron chi connectivity index (χ3n) is 7.52. The van der Waals surface area contributed by atoms with E-state index in [1.807, 2.05) is 6.92 Å². The number of carbonyl (C=O) groups excluding carboxylic acids is 5. The van der Waals surface area contributed by atoms with Gasteiger partial charge in [0.25, 0.3) is 0 Å². The van der Waals surface area contributed by atoms with Crippen molar-refractivity contribution >= 4 is 29.6 Å². The summed E-state index contributed by atoms with van der Waals surface area (Å²) in [6.45, 7) is 6.57. The first-order valence-electron chi connectivity index (χ1n) is 12.6. The normalized spacial score (nSPS) is 36.1. The molecule has 0 aromatic carbocycles. The van der Waals surface area contributed by atoms with E-state index in [9.17, 15) is 24.0 Å². The average molecular weight is 477 g/mol. The maximum absolute atomic E-state index is 13.5. The van der Waals surface area contributed by atoms with Crippen molar-refractivity contribution in [3.05, 3.63) is 0 Å². The molecule has 0 spiro atoms. The maximum atomic E-state index is 13.5. The number of nitrogens with zero attached hydrogens (tertiary/aromatic N) is 3. The summed E-state index contributed by atoms with van der Waals surface area (Å²) in [4.78, 5) is 70.6. The number of esters is 1. The molecule has 4 aliphatic rings. The largest absolute Gasteiger partial charge is 0.461 e. The lowest BCUT2D eigenvalue weighted by molar-refractivity contribution is -0.160. The lowest BCUT2D eigenvalue weighted by atomic mass is 9.99. The standard InChI is InChI=1S/C24H36N4O6/c1-14-11-19-24(33)34-15(2)12-20(29)26-10-6-8-18(26)23(32)27-9-5-4-7-17(27)21(30)25-16(3)22(31)28(19)13-14/h14-19H,4-13H2,1-3H3,(H,25,30)/t14?,15?,16?,17?,18?,19-/m0/s1. The first kappa shape index (κ1) is 24.5. The molecule has 4 fully saturated rings. The Bertz CT molecular complexity index is 862. The molecule has 0 saturated carbocycles. The first-order valence-corrected chi connectivity index (χ1v) is 12.6. The fraction of sp³-hybridized carbons (Fsp3) is 0.792. The summed E-state index contributed by atoms with van der Waals surface area (Å²) in [6.07, 6.45) is 3.17. The molecule has 0 aliphatic carbocycles. The summed E-state index contributed by atoms with van der Waals surface area (Å²) in [5.41, 5.74) is 0. The molecule has 0 aromatic heterocycles. The topological polar surface area (TPSA) is 116 Å². The van der Waals surface area contributed by atoms with E-state index >= 15 is 0 Å². The first-order chi connectivity index (χ1) is 16.2. The van der Waals surface area contributed by atoms with Crippen molar-refractivity contribution in [1.29, 1.82) is 0 Å². The highest BCUT2D eigenvalue weighted by Gasteiger charge is 2.44. The molecule has 10 nitrogen and oxygen atoms in total. The van der Waals surface area contributed by atoms with Gasteiger partial charge in [-0.15, -0.1) is 0 Å². The van der Waals surface area contributed by atoms with Crippen LogP contribution in [-0.2, 0) is 28.7 Å². The van der Waals surface area contributed by atoms with Crippen LogP contribution in [0.1, 0.15) is 65.7 Å². The number of amides is 4. The summed E-state index contributed by atoms with van der Waals surface area (Å²) >= 11 is 0. The van der Waals surface area contributed by atoms with Crippen molar-refractivity contribution < 1.29 is 28.7 Å². The summed E-state index contributed by atoms with van der Waals surface area (Å²) in [5.74, 6) is -1.57. The number of hydrogen-bond acceptors (Lipinski definition) is 6. The van der Waals surface area contributed by atoms with Gasteiger partial charge in [-0.1, -0.05) is 6.92 Å². The lowest BCUT2D eigenvalue weighted by Crippen LogP contribution is -2.59. The molecule has 10 heteroatoms.